The molecule has 0 fully saturated rings. The Hall–Kier alpha value is -1.69. The minimum Gasteiger partial charge on any atom is -0.741 e. The number of carbonyl (C=O) groups excluding carboxylic acids is 1. The van der Waals surface area contributed by atoms with Crippen LogP contribution in [0.3, 0.4) is 0 Å². The molecule has 0 aromatic heterocycles. The maximum Gasteiger partial charge on any atom is 0.485 e. The van der Waals surface area contributed by atoms with Gasteiger partial charge in [-0.25, -0.2) is 8.42 Å². The predicted octanol–water partition coefficient (Wildman–Crippen LogP) is 2.01. The van der Waals surface area contributed by atoms with Crippen LogP contribution in [-0.2, 0) is 10.1 Å². The molecule has 1 N–H and O–H groups in total. The van der Waals surface area contributed by atoms with E-state index in [1.165, 1.54) is 5.69 Å². The number of amides is 1. The summed E-state index contributed by atoms with van der Waals surface area (Å²) in [6.07, 6.45) is 0. The minimum absolute atomic E-state index is 0.00474. The van der Waals surface area contributed by atoms with Gasteiger partial charge in [-0.05, 0) is 37.4 Å². The van der Waals surface area contributed by atoms with Gasteiger partial charge in [0.15, 0.2) is 10.1 Å². The van der Waals surface area contributed by atoms with Crippen molar-refractivity contribution in [2.45, 2.75) is 19.4 Å². The molecule has 0 heterocycles. The molecule has 11 heteroatoms. The van der Waals surface area contributed by atoms with Gasteiger partial charge in [-0.1, -0.05) is 13.8 Å². The van der Waals surface area contributed by atoms with Crippen molar-refractivity contribution in [1.82, 2.24) is 14.7 Å². The van der Waals surface area contributed by atoms with Gasteiger partial charge in [0.05, 0.1) is 21.1 Å². The Kier molecular flexibility index (Phi) is 10.1. The molecular weight excluding hydrogens is 399 g/mol. The molecule has 1 rings (SSSR count). The van der Waals surface area contributed by atoms with Gasteiger partial charge in [0, 0.05) is 18.7 Å². The first kappa shape index (κ1) is 26.3. The first-order chi connectivity index (χ1) is 12.6. The third-order valence-electron chi connectivity index (χ3n) is 3.80. The van der Waals surface area contributed by atoms with Crippen molar-refractivity contribution in [1.29, 1.82) is 0 Å². The Morgan fingerprint density at radius 3 is 1.86 bits per heavy atom. The molecule has 162 valence electrons. The Labute approximate surface area is 164 Å². The molecule has 0 radical (unpaired) electrons. The van der Waals surface area contributed by atoms with Crippen LogP contribution in [0.2, 0.25) is 0 Å². The van der Waals surface area contributed by atoms with Gasteiger partial charge in [0.25, 0.3) is 5.91 Å². The molecule has 0 atom stereocenters. The lowest BCUT2D eigenvalue weighted by Gasteiger charge is -2.23. The van der Waals surface area contributed by atoms with E-state index in [4.69, 9.17) is 13.0 Å². The van der Waals surface area contributed by atoms with Crippen LogP contribution in [0.25, 0.3) is 0 Å². The highest BCUT2D eigenvalue weighted by Gasteiger charge is 2.36. The molecule has 0 saturated heterocycles. The molecule has 1 amide bonds. The maximum atomic E-state index is 12.0. The summed E-state index contributed by atoms with van der Waals surface area (Å²) >= 11 is 0. The third kappa shape index (κ3) is 9.49. The number of carbonyl (C=O) groups is 1. The second-order valence-electron chi connectivity index (χ2n) is 6.74. The van der Waals surface area contributed by atoms with Crippen LogP contribution in [0.5, 0.6) is 0 Å². The van der Waals surface area contributed by atoms with Gasteiger partial charge < -0.3 is 14.8 Å². The van der Waals surface area contributed by atoms with Crippen molar-refractivity contribution < 1.29 is 30.9 Å². The predicted molar refractivity (Wildman–Crippen MR) is 102 cm³/mol. The van der Waals surface area contributed by atoms with Crippen molar-refractivity contribution in [2.75, 3.05) is 47.3 Å². The monoisotopic (exact) mass is 427 g/mol. The van der Waals surface area contributed by atoms with Gasteiger partial charge in [-0.15, -0.1) is 0 Å². The average molecular weight is 427 g/mol. The summed E-state index contributed by atoms with van der Waals surface area (Å²) in [7, 11) is 0.241. The quantitative estimate of drug-likeness (QED) is 0.409. The van der Waals surface area contributed by atoms with Crippen molar-refractivity contribution in [3.63, 3.8) is 0 Å². The van der Waals surface area contributed by atoms with E-state index in [1.54, 1.807) is 0 Å². The van der Waals surface area contributed by atoms with E-state index in [0.717, 1.165) is 29.7 Å². The summed E-state index contributed by atoms with van der Waals surface area (Å²) in [4.78, 5) is 14.3. The number of nitrogens with one attached hydrogen (secondary N) is 1. The van der Waals surface area contributed by atoms with Crippen LogP contribution >= 0.6 is 0 Å². The van der Waals surface area contributed by atoms with Crippen LogP contribution < -0.4 is 9.80 Å². The number of halogens is 3. The summed E-state index contributed by atoms with van der Waals surface area (Å²) in [5.74, 6) is 0.00474. The van der Waals surface area contributed by atoms with E-state index in [-0.39, 0.29) is 5.91 Å². The number of nitrogens with zero attached hydrogens (tertiary/aromatic N) is 2. The first-order valence-electron chi connectivity index (χ1n) is 8.58. The second kappa shape index (κ2) is 10.7. The van der Waals surface area contributed by atoms with Gasteiger partial charge >= 0.3 is 5.51 Å². The SMILES string of the molecule is CCN(CC)CCNC(=O)c1ccc([N+](C)(C)C)cc1.O=S(=O)([O-])C(F)(F)F. The highest BCUT2D eigenvalue weighted by molar-refractivity contribution is 7.86. The molecule has 0 saturated carbocycles. The molecular formula is C17H28F3N3O4S. The standard InChI is InChI=1S/C16H27N3O.CHF3O3S/c1-6-18(7-2)13-12-17-16(20)14-8-10-15(11-9-14)19(3,4)5;2-1(3,4)8(5,6)7/h8-11H,6-7,12-13H2,1-5H3;(H,5,6,7). The average Bonchev–Trinajstić information content (AvgIpc) is 2.56. The van der Waals surface area contributed by atoms with Crippen LogP contribution in [-0.4, -0.2) is 76.6 Å². The summed E-state index contributed by atoms with van der Waals surface area (Å²) in [6.45, 7) is 7.89. The van der Waals surface area contributed by atoms with Crippen LogP contribution in [0.1, 0.15) is 24.2 Å². The molecule has 0 aliphatic rings. The van der Waals surface area contributed by atoms with E-state index >= 15 is 0 Å². The van der Waals surface area contributed by atoms with Crippen LogP contribution in [0, 0.1) is 0 Å². The van der Waals surface area contributed by atoms with E-state index in [2.05, 4.69) is 45.2 Å². The van der Waals surface area contributed by atoms with Gasteiger partial charge in [0.2, 0.25) is 0 Å². The molecule has 1 aromatic carbocycles. The molecule has 0 unspecified atom stereocenters. The topological polar surface area (TPSA) is 89.5 Å². The van der Waals surface area contributed by atoms with Gasteiger partial charge in [-0.3, -0.25) is 9.28 Å². The molecule has 0 aliphatic heterocycles. The lowest BCUT2D eigenvalue weighted by Crippen LogP contribution is -2.35. The Morgan fingerprint density at radius 1 is 1.11 bits per heavy atom. The number of quaternary nitrogens is 1. The lowest BCUT2D eigenvalue weighted by molar-refractivity contribution is -0.0517. The highest BCUT2D eigenvalue weighted by Crippen LogP contribution is 2.20. The fourth-order valence-corrected chi connectivity index (χ4v) is 2.03. The van der Waals surface area contributed by atoms with E-state index in [1.807, 2.05) is 24.3 Å². The fourth-order valence-electron chi connectivity index (χ4n) is 2.03. The number of likely N-dealkylation sites (N-methyl/N-ethyl adjacent to an activating group) is 1. The number of alkyl halides is 3. The summed E-state index contributed by atoms with van der Waals surface area (Å²) in [5, 5.41) is 2.97. The van der Waals surface area contributed by atoms with Crippen molar-refractivity contribution >= 4 is 21.7 Å². The van der Waals surface area contributed by atoms with Crippen molar-refractivity contribution in [3.8, 4) is 0 Å². The fraction of sp³-hybridized carbons (Fsp3) is 0.588. The minimum atomic E-state index is -6.09. The number of hydrogen-bond acceptors (Lipinski definition) is 5. The van der Waals surface area contributed by atoms with Crippen LogP contribution in [0.4, 0.5) is 18.9 Å². The van der Waals surface area contributed by atoms with E-state index < -0.39 is 15.6 Å². The zero-order valence-corrected chi connectivity index (χ0v) is 17.5. The summed E-state index contributed by atoms with van der Waals surface area (Å²) in [5.41, 5.74) is -3.74. The van der Waals surface area contributed by atoms with E-state index in [0.29, 0.717) is 6.54 Å². The Balaban J connectivity index is 0.000000769. The van der Waals surface area contributed by atoms with Crippen molar-refractivity contribution in [3.05, 3.63) is 29.8 Å². The number of benzene rings is 1. The lowest BCUT2D eigenvalue weighted by atomic mass is 10.1. The number of hydrogen-bond donors (Lipinski definition) is 1. The Morgan fingerprint density at radius 2 is 1.54 bits per heavy atom. The largest absolute Gasteiger partial charge is 0.741 e. The number of rotatable bonds is 7. The maximum absolute atomic E-state index is 12.0. The summed E-state index contributed by atoms with van der Waals surface area (Å²) in [6, 6.07) is 7.82. The normalized spacial score (nSPS) is 12.4. The molecule has 0 bridgehead atoms. The smallest absolute Gasteiger partial charge is 0.485 e. The first-order valence-corrected chi connectivity index (χ1v) is 9.99. The van der Waals surface area contributed by atoms with Crippen molar-refractivity contribution in [2.24, 2.45) is 0 Å². The van der Waals surface area contributed by atoms with Gasteiger partial charge in [0.1, 0.15) is 5.69 Å². The molecule has 1 aromatic rings. The molecule has 7 nitrogen and oxygen atoms in total. The molecule has 0 aliphatic carbocycles. The Bertz CT molecular complexity index is 711. The van der Waals surface area contributed by atoms with Gasteiger partial charge in [-0.2, -0.15) is 13.2 Å². The zero-order chi connectivity index (χ0) is 22.2. The highest BCUT2D eigenvalue weighted by atomic mass is 32.2. The zero-order valence-electron chi connectivity index (χ0n) is 16.7. The molecule has 0 spiro atoms. The van der Waals surface area contributed by atoms with Crippen LogP contribution in [0.15, 0.2) is 24.3 Å². The van der Waals surface area contributed by atoms with E-state index in [9.17, 15) is 18.0 Å². The summed E-state index contributed by atoms with van der Waals surface area (Å²) < 4.78 is 59.7. The third-order valence-corrected chi connectivity index (χ3v) is 4.36. The molecule has 28 heavy (non-hydrogen) atoms. The second-order valence-corrected chi connectivity index (χ2v) is 8.11.